The predicted octanol–water partition coefficient (Wildman–Crippen LogP) is 2.62. The van der Waals surface area contributed by atoms with Crippen LogP contribution in [0.3, 0.4) is 0 Å². The standard InChI is InChI=1S/C21H28N4O2/c1-15(2)13-24-17-7-4-3-6-16(17)22-19(24)14-23-10-8-21-18(23)12-20(26)25(21)9-5-11-27-21/h3-4,6-7,15,18H,5,8-14H2,1-2H3/t18-,21+/m1/s1. The molecule has 0 unspecified atom stereocenters. The molecule has 0 N–H and O–H groups in total. The van der Waals surface area contributed by atoms with E-state index in [1.807, 2.05) is 11.0 Å². The van der Waals surface area contributed by atoms with Crippen LogP contribution < -0.4 is 0 Å². The number of fused-ring (bicyclic) bond motifs is 1. The average molecular weight is 368 g/mol. The van der Waals surface area contributed by atoms with Gasteiger partial charge in [0.2, 0.25) is 5.91 Å². The van der Waals surface area contributed by atoms with Crippen molar-refractivity contribution in [2.45, 2.75) is 58.0 Å². The number of hydrogen-bond donors (Lipinski definition) is 0. The van der Waals surface area contributed by atoms with Crippen molar-refractivity contribution in [3.8, 4) is 0 Å². The summed E-state index contributed by atoms with van der Waals surface area (Å²) in [7, 11) is 0. The summed E-state index contributed by atoms with van der Waals surface area (Å²) < 4.78 is 8.60. The fourth-order valence-electron chi connectivity index (χ4n) is 5.22. The summed E-state index contributed by atoms with van der Waals surface area (Å²) in [6, 6.07) is 8.53. The van der Waals surface area contributed by atoms with Crippen LogP contribution in [0, 0.1) is 5.92 Å². The lowest BCUT2D eigenvalue weighted by Gasteiger charge is -2.42. The molecular weight excluding hydrogens is 340 g/mol. The number of amides is 1. The van der Waals surface area contributed by atoms with Crippen molar-refractivity contribution in [1.82, 2.24) is 19.4 Å². The molecule has 4 heterocycles. The number of para-hydroxylation sites is 2. The Morgan fingerprint density at radius 3 is 3.00 bits per heavy atom. The van der Waals surface area contributed by atoms with E-state index in [2.05, 4.69) is 41.5 Å². The largest absolute Gasteiger partial charge is 0.354 e. The zero-order chi connectivity index (χ0) is 18.6. The molecule has 2 aromatic rings. The molecule has 6 heteroatoms. The molecule has 3 saturated heterocycles. The molecule has 1 aromatic carbocycles. The predicted molar refractivity (Wildman–Crippen MR) is 103 cm³/mol. The maximum absolute atomic E-state index is 12.6. The smallest absolute Gasteiger partial charge is 0.226 e. The van der Waals surface area contributed by atoms with Crippen molar-refractivity contribution in [1.29, 1.82) is 0 Å². The number of nitrogens with zero attached hydrogens (tertiary/aromatic N) is 4. The van der Waals surface area contributed by atoms with Crippen LogP contribution in [0.2, 0.25) is 0 Å². The number of aromatic nitrogens is 2. The minimum atomic E-state index is -0.385. The normalized spacial score (nSPS) is 28.3. The Morgan fingerprint density at radius 2 is 2.15 bits per heavy atom. The fourth-order valence-corrected chi connectivity index (χ4v) is 5.22. The molecule has 1 amide bonds. The van der Waals surface area contributed by atoms with Crippen LogP contribution in [0.25, 0.3) is 11.0 Å². The second-order valence-electron chi connectivity index (χ2n) is 8.55. The van der Waals surface area contributed by atoms with E-state index in [1.54, 1.807) is 0 Å². The first-order chi connectivity index (χ1) is 13.1. The molecular formula is C21H28N4O2. The zero-order valence-electron chi connectivity index (χ0n) is 16.2. The highest BCUT2D eigenvalue weighted by Crippen LogP contribution is 2.45. The first kappa shape index (κ1) is 17.2. The minimum absolute atomic E-state index is 0.151. The van der Waals surface area contributed by atoms with E-state index < -0.39 is 0 Å². The van der Waals surface area contributed by atoms with Gasteiger partial charge in [0.15, 0.2) is 5.72 Å². The molecule has 0 radical (unpaired) electrons. The van der Waals surface area contributed by atoms with Gasteiger partial charge in [0.05, 0.1) is 30.2 Å². The highest BCUT2D eigenvalue weighted by atomic mass is 16.5. The Bertz CT molecular complexity index is 876. The van der Waals surface area contributed by atoms with Gasteiger partial charge < -0.3 is 14.2 Å². The summed E-state index contributed by atoms with van der Waals surface area (Å²) in [6.45, 7) is 8.78. The second kappa shape index (κ2) is 6.31. The number of benzene rings is 1. The summed E-state index contributed by atoms with van der Waals surface area (Å²) in [6.07, 6.45) is 2.43. The fraction of sp³-hybridized carbons (Fsp3) is 0.619. The van der Waals surface area contributed by atoms with Crippen molar-refractivity contribution >= 4 is 16.9 Å². The van der Waals surface area contributed by atoms with E-state index >= 15 is 0 Å². The zero-order valence-corrected chi connectivity index (χ0v) is 16.2. The number of carbonyl (C=O) groups is 1. The van der Waals surface area contributed by atoms with Gasteiger partial charge in [-0.25, -0.2) is 4.98 Å². The van der Waals surface area contributed by atoms with E-state index in [9.17, 15) is 4.79 Å². The van der Waals surface area contributed by atoms with Crippen LogP contribution in [0.15, 0.2) is 24.3 Å². The van der Waals surface area contributed by atoms with E-state index in [0.29, 0.717) is 12.3 Å². The highest BCUT2D eigenvalue weighted by Gasteiger charge is 2.60. The quantitative estimate of drug-likeness (QED) is 0.832. The van der Waals surface area contributed by atoms with Gasteiger partial charge in [-0.3, -0.25) is 9.69 Å². The molecule has 3 aliphatic heterocycles. The van der Waals surface area contributed by atoms with Crippen molar-refractivity contribution in [3.63, 3.8) is 0 Å². The van der Waals surface area contributed by atoms with Crippen LogP contribution in [0.4, 0.5) is 0 Å². The van der Waals surface area contributed by atoms with E-state index in [0.717, 1.165) is 57.0 Å². The number of hydrogen-bond acceptors (Lipinski definition) is 4. The summed E-state index contributed by atoms with van der Waals surface area (Å²) in [5.41, 5.74) is 1.87. The van der Waals surface area contributed by atoms with E-state index in [1.165, 1.54) is 5.52 Å². The molecule has 3 fully saturated rings. The van der Waals surface area contributed by atoms with Gasteiger partial charge in [0, 0.05) is 32.5 Å². The third-order valence-electron chi connectivity index (χ3n) is 6.35. The number of rotatable bonds is 4. The maximum atomic E-state index is 12.6. The summed E-state index contributed by atoms with van der Waals surface area (Å²) in [5, 5.41) is 0. The van der Waals surface area contributed by atoms with Crippen molar-refractivity contribution < 1.29 is 9.53 Å². The topological polar surface area (TPSA) is 50.6 Å². The SMILES string of the molecule is CC(C)Cn1c(CN2CC[C@@]34OCCCN3C(=O)C[C@@H]24)nc2ccccc21. The Balaban J connectivity index is 1.47. The van der Waals surface area contributed by atoms with Gasteiger partial charge in [-0.2, -0.15) is 0 Å². The molecule has 3 aliphatic rings. The lowest BCUT2D eigenvalue weighted by Crippen LogP contribution is -2.56. The van der Waals surface area contributed by atoms with Crippen molar-refractivity contribution in [2.24, 2.45) is 5.92 Å². The second-order valence-corrected chi connectivity index (χ2v) is 8.55. The van der Waals surface area contributed by atoms with Crippen LogP contribution >= 0.6 is 0 Å². The Hall–Kier alpha value is -1.92. The van der Waals surface area contributed by atoms with Gasteiger partial charge >= 0.3 is 0 Å². The summed E-state index contributed by atoms with van der Waals surface area (Å²) >= 11 is 0. The molecule has 0 bridgehead atoms. The number of carbonyl (C=O) groups excluding carboxylic acids is 1. The molecule has 0 aliphatic carbocycles. The summed E-state index contributed by atoms with van der Waals surface area (Å²) in [4.78, 5) is 22.0. The third-order valence-corrected chi connectivity index (χ3v) is 6.35. The molecule has 0 saturated carbocycles. The first-order valence-corrected chi connectivity index (χ1v) is 10.2. The van der Waals surface area contributed by atoms with Crippen LogP contribution in [-0.2, 0) is 22.6 Å². The third kappa shape index (κ3) is 2.61. The van der Waals surface area contributed by atoms with Crippen LogP contribution in [0.1, 0.15) is 38.9 Å². The van der Waals surface area contributed by atoms with Crippen molar-refractivity contribution in [2.75, 3.05) is 19.7 Å². The van der Waals surface area contributed by atoms with Gasteiger partial charge in [-0.1, -0.05) is 26.0 Å². The number of imidazole rings is 1. The molecule has 5 rings (SSSR count). The van der Waals surface area contributed by atoms with Crippen LogP contribution in [-0.4, -0.2) is 56.7 Å². The van der Waals surface area contributed by atoms with Crippen molar-refractivity contribution in [3.05, 3.63) is 30.1 Å². The average Bonchev–Trinajstić information content (AvgIpc) is 3.25. The molecule has 6 nitrogen and oxygen atoms in total. The van der Waals surface area contributed by atoms with Gasteiger partial charge in [-0.05, 0) is 24.5 Å². The number of likely N-dealkylation sites (tertiary alicyclic amines) is 1. The van der Waals surface area contributed by atoms with E-state index in [-0.39, 0.29) is 17.7 Å². The molecule has 1 aromatic heterocycles. The Labute approximate surface area is 160 Å². The molecule has 2 atom stereocenters. The van der Waals surface area contributed by atoms with Gasteiger partial charge in [0.1, 0.15) is 5.82 Å². The maximum Gasteiger partial charge on any atom is 0.226 e. The van der Waals surface area contributed by atoms with E-state index in [4.69, 9.17) is 9.72 Å². The Morgan fingerprint density at radius 1 is 1.30 bits per heavy atom. The van der Waals surface area contributed by atoms with Gasteiger partial charge in [0.25, 0.3) is 0 Å². The molecule has 1 spiro atoms. The van der Waals surface area contributed by atoms with Gasteiger partial charge in [-0.15, -0.1) is 0 Å². The highest BCUT2D eigenvalue weighted by molar-refractivity contribution is 5.81. The lowest BCUT2D eigenvalue weighted by molar-refractivity contribution is -0.180. The minimum Gasteiger partial charge on any atom is -0.354 e. The number of ether oxygens (including phenoxy) is 1. The molecule has 144 valence electrons. The lowest BCUT2D eigenvalue weighted by atomic mass is 10.0. The monoisotopic (exact) mass is 368 g/mol. The Kier molecular flexibility index (Phi) is 4.02. The first-order valence-electron chi connectivity index (χ1n) is 10.2. The molecule has 27 heavy (non-hydrogen) atoms. The van der Waals surface area contributed by atoms with Crippen LogP contribution in [0.5, 0.6) is 0 Å². The summed E-state index contributed by atoms with van der Waals surface area (Å²) in [5.74, 6) is 1.90.